The minimum atomic E-state index is -4.29. The van der Waals surface area contributed by atoms with Crippen LogP contribution in [-0.4, -0.2) is 67.8 Å². The number of piperazine rings is 1. The predicted molar refractivity (Wildman–Crippen MR) is 94.6 cm³/mol. The van der Waals surface area contributed by atoms with Gasteiger partial charge in [0.15, 0.2) is 0 Å². The van der Waals surface area contributed by atoms with Crippen molar-refractivity contribution in [3.8, 4) is 0 Å². The maximum absolute atomic E-state index is 13.0. The lowest BCUT2D eigenvalue weighted by Gasteiger charge is -2.34. The van der Waals surface area contributed by atoms with Gasteiger partial charge in [0, 0.05) is 45.4 Å². The highest BCUT2D eigenvalue weighted by atomic mass is 19.4. The molecule has 1 aromatic carbocycles. The van der Waals surface area contributed by atoms with Gasteiger partial charge in [-0.3, -0.25) is 9.69 Å². The zero-order chi connectivity index (χ0) is 19.9. The highest BCUT2D eigenvalue weighted by Gasteiger charge is 2.27. The molecule has 1 aliphatic heterocycles. The van der Waals surface area contributed by atoms with Gasteiger partial charge < -0.3 is 9.64 Å². The number of rotatable bonds is 7. The highest BCUT2D eigenvalue weighted by Crippen LogP contribution is 2.16. The van der Waals surface area contributed by atoms with Crippen LogP contribution in [0.3, 0.4) is 0 Å². The van der Waals surface area contributed by atoms with Crippen molar-refractivity contribution in [2.45, 2.75) is 19.5 Å². The van der Waals surface area contributed by atoms with Crippen molar-refractivity contribution < 1.29 is 27.1 Å². The summed E-state index contributed by atoms with van der Waals surface area (Å²) in [5, 5.41) is 0. The lowest BCUT2D eigenvalue weighted by Crippen LogP contribution is -2.48. The fourth-order valence-corrected chi connectivity index (χ4v) is 2.84. The highest BCUT2D eigenvalue weighted by molar-refractivity contribution is 5.94. The standard InChI is InChI=1S/C19H24F4N2O2/c1-15(16-3-5-17(20)6-4-16)13-18(26)25-10-8-24(9-11-25)7-2-12-27-14-19(21,22)23/h3-6,13H,2,7-12,14H2,1H3/b15-13-. The van der Waals surface area contributed by atoms with E-state index in [1.54, 1.807) is 23.1 Å². The number of nitrogens with zero attached hydrogens (tertiary/aromatic N) is 2. The molecule has 27 heavy (non-hydrogen) atoms. The summed E-state index contributed by atoms with van der Waals surface area (Å²) in [6.07, 6.45) is -2.22. The topological polar surface area (TPSA) is 32.8 Å². The zero-order valence-electron chi connectivity index (χ0n) is 15.3. The molecule has 0 unspecified atom stereocenters. The first-order valence-corrected chi connectivity index (χ1v) is 8.84. The number of hydrogen-bond donors (Lipinski definition) is 0. The van der Waals surface area contributed by atoms with Crippen molar-refractivity contribution in [1.82, 2.24) is 9.80 Å². The number of alkyl halides is 3. The maximum Gasteiger partial charge on any atom is 0.411 e. The molecule has 0 radical (unpaired) electrons. The van der Waals surface area contributed by atoms with Crippen molar-refractivity contribution in [3.05, 3.63) is 41.7 Å². The molecule has 1 heterocycles. The van der Waals surface area contributed by atoms with Crippen LogP contribution < -0.4 is 0 Å². The summed E-state index contributed by atoms with van der Waals surface area (Å²) in [6.45, 7) is 3.79. The quantitative estimate of drug-likeness (QED) is 0.408. The van der Waals surface area contributed by atoms with Gasteiger partial charge in [-0.2, -0.15) is 13.2 Å². The molecule has 1 fully saturated rings. The number of carbonyl (C=O) groups excluding carboxylic acids is 1. The summed E-state index contributed by atoms with van der Waals surface area (Å²) in [5.74, 6) is -0.414. The van der Waals surface area contributed by atoms with Crippen LogP contribution in [0.5, 0.6) is 0 Å². The molecule has 1 aliphatic rings. The van der Waals surface area contributed by atoms with Gasteiger partial charge in [0.2, 0.25) is 5.91 Å². The molecule has 8 heteroatoms. The SMILES string of the molecule is C/C(=C/C(=O)N1CCN(CCCOCC(F)(F)F)CC1)c1ccc(F)cc1. The smallest absolute Gasteiger partial charge is 0.372 e. The molecule has 0 saturated carbocycles. The average Bonchev–Trinajstić information content (AvgIpc) is 2.61. The van der Waals surface area contributed by atoms with Crippen LogP contribution in [0, 0.1) is 5.82 Å². The van der Waals surface area contributed by atoms with E-state index >= 15 is 0 Å². The fraction of sp³-hybridized carbons (Fsp3) is 0.526. The van der Waals surface area contributed by atoms with Gasteiger partial charge in [0.1, 0.15) is 12.4 Å². The Morgan fingerprint density at radius 2 is 1.78 bits per heavy atom. The number of ether oxygens (including phenoxy) is 1. The molecule has 2 rings (SSSR count). The van der Waals surface area contributed by atoms with Gasteiger partial charge in [-0.05, 0) is 36.6 Å². The summed E-state index contributed by atoms with van der Waals surface area (Å²) in [7, 11) is 0. The van der Waals surface area contributed by atoms with Crippen molar-refractivity contribution in [1.29, 1.82) is 0 Å². The second kappa shape index (κ2) is 9.85. The van der Waals surface area contributed by atoms with Crippen molar-refractivity contribution in [2.24, 2.45) is 0 Å². The summed E-state index contributed by atoms with van der Waals surface area (Å²) in [6, 6.07) is 5.98. The molecule has 0 bridgehead atoms. The van der Waals surface area contributed by atoms with Crippen LogP contribution in [0.2, 0.25) is 0 Å². The van der Waals surface area contributed by atoms with E-state index in [4.69, 9.17) is 0 Å². The average molecular weight is 388 g/mol. The van der Waals surface area contributed by atoms with Crippen molar-refractivity contribution in [2.75, 3.05) is 45.9 Å². The molecule has 0 aliphatic carbocycles. The number of hydrogen-bond acceptors (Lipinski definition) is 3. The first-order valence-electron chi connectivity index (χ1n) is 8.84. The number of halogens is 4. The third-order valence-electron chi connectivity index (χ3n) is 4.35. The minimum absolute atomic E-state index is 0.0677. The van der Waals surface area contributed by atoms with Crippen LogP contribution in [0.25, 0.3) is 5.57 Å². The van der Waals surface area contributed by atoms with E-state index in [9.17, 15) is 22.4 Å². The lowest BCUT2D eigenvalue weighted by atomic mass is 10.1. The molecule has 1 amide bonds. The van der Waals surface area contributed by atoms with Gasteiger partial charge in [0.05, 0.1) is 0 Å². The van der Waals surface area contributed by atoms with Crippen molar-refractivity contribution in [3.63, 3.8) is 0 Å². The summed E-state index contributed by atoms with van der Waals surface area (Å²) >= 11 is 0. The minimum Gasteiger partial charge on any atom is -0.372 e. The van der Waals surface area contributed by atoms with E-state index < -0.39 is 12.8 Å². The van der Waals surface area contributed by atoms with Crippen LogP contribution in [0.1, 0.15) is 18.9 Å². The van der Waals surface area contributed by atoms with Crippen LogP contribution in [-0.2, 0) is 9.53 Å². The molecule has 0 spiro atoms. The maximum atomic E-state index is 13.0. The molecule has 0 N–H and O–H groups in total. The molecular formula is C19H24F4N2O2. The predicted octanol–water partition coefficient (Wildman–Crippen LogP) is 3.34. The molecular weight excluding hydrogens is 364 g/mol. The number of allylic oxidation sites excluding steroid dienone is 1. The number of benzene rings is 1. The molecule has 1 saturated heterocycles. The molecule has 4 nitrogen and oxygen atoms in total. The lowest BCUT2D eigenvalue weighted by molar-refractivity contribution is -0.174. The van der Waals surface area contributed by atoms with E-state index in [1.165, 1.54) is 12.1 Å². The zero-order valence-corrected chi connectivity index (χ0v) is 15.3. The third-order valence-corrected chi connectivity index (χ3v) is 4.35. The second-order valence-electron chi connectivity index (χ2n) is 6.52. The second-order valence-corrected chi connectivity index (χ2v) is 6.52. The van der Waals surface area contributed by atoms with Gasteiger partial charge in [0.25, 0.3) is 0 Å². The fourth-order valence-electron chi connectivity index (χ4n) is 2.84. The van der Waals surface area contributed by atoms with Gasteiger partial charge in [-0.1, -0.05) is 12.1 Å². The normalized spacial score (nSPS) is 16.6. The molecule has 0 aromatic heterocycles. The monoisotopic (exact) mass is 388 g/mol. The van der Waals surface area contributed by atoms with E-state index in [0.29, 0.717) is 39.1 Å². The number of carbonyl (C=O) groups is 1. The largest absolute Gasteiger partial charge is 0.411 e. The Hall–Kier alpha value is -1.93. The van der Waals surface area contributed by atoms with E-state index in [2.05, 4.69) is 9.64 Å². The van der Waals surface area contributed by atoms with Crippen LogP contribution in [0.4, 0.5) is 17.6 Å². The third kappa shape index (κ3) is 7.68. The summed E-state index contributed by atoms with van der Waals surface area (Å²) in [4.78, 5) is 16.2. The molecule has 150 valence electrons. The van der Waals surface area contributed by atoms with Crippen molar-refractivity contribution >= 4 is 11.5 Å². The van der Waals surface area contributed by atoms with Gasteiger partial charge >= 0.3 is 6.18 Å². The van der Waals surface area contributed by atoms with E-state index in [0.717, 1.165) is 11.1 Å². The van der Waals surface area contributed by atoms with Crippen LogP contribution >= 0.6 is 0 Å². The van der Waals surface area contributed by atoms with Gasteiger partial charge in [-0.15, -0.1) is 0 Å². The Morgan fingerprint density at radius 3 is 2.37 bits per heavy atom. The van der Waals surface area contributed by atoms with Gasteiger partial charge in [-0.25, -0.2) is 4.39 Å². The summed E-state index contributed by atoms with van der Waals surface area (Å²) < 4.78 is 53.5. The van der Waals surface area contributed by atoms with Crippen LogP contribution in [0.15, 0.2) is 30.3 Å². The first kappa shape index (κ1) is 21.4. The Labute approximate surface area is 156 Å². The Kier molecular flexibility index (Phi) is 7.79. The molecule has 0 atom stereocenters. The molecule has 1 aromatic rings. The number of amides is 1. The van der Waals surface area contributed by atoms with E-state index in [-0.39, 0.29) is 18.3 Å². The Balaban J connectivity index is 1.71. The Morgan fingerprint density at radius 1 is 1.15 bits per heavy atom. The van der Waals surface area contributed by atoms with E-state index in [1.807, 2.05) is 6.92 Å². The Bertz CT molecular complexity index is 636. The summed E-state index contributed by atoms with van der Waals surface area (Å²) in [5.41, 5.74) is 1.56. The first-order chi connectivity index (χ1) is 12.7.